The molecular weight excluding hydrogens is 306 g/mol. The monoisotopic (exact) mass is 325 g/mol. The van der Waals surface area contributed by atoms with E-state index in [2.05, 4.69) is 0 Å². The molecule has 1 aromatic carbocycles. The summed E-state index contributed by atoms with van der Waals surface area (Å²) >= 11 is 0. The molecule has 2 aromatic rings. The number of furan rings is 1. The molecule has 0 aliphatic heterocycles. The van der Waals surface area contributed by atoms with Crippen LogP contribution in [0, 0.1) is 0 Å². The number of nitrogens with zero attached hydrogens (tertiary/aromatic N) is 1. The van der Waals surface area contributed by atoms with Gasteiger partial charge in [0.2, 0.25) is 10.0 Å². The Balaban J connectivity index is 2.35. The maximum absolute atomic E-state index is 12.9. The summed E-state index contributed by atoms with van der Waals surface area (Å²) in [5, 5.41) is 0. The normalized spacial score (nSPS) is 11.8. The Hall–Kier alpha value is -1.83. The number of hydrogen-bond donors (Lipinski definition) is 0. The Morgan fingerprint density at radius 2 is 1.95 bits per heavy atom. The summed E-state index contributed by atoms with van der Waals surface area (Å²) in [6, 6.07) is 8.29. The Labute approximate surface area is 130 Å². The molecule has 0 atom stereocenters. The van der Waals surface area contributed by atoms with Crippen molar-refractivity contribution in [3.05, 3.63) is 48.4 Å². The largest absolute Gasteiger partial charge is 0.495 e. The van der Waals surface area contributed by atoms with E-state index in [1.54, 1.807) is 24.3 Å². The zero-order chi connectivity index (χ0) is 16.0. The van der Waals surface area contributed by atoms with E-state index in [1.165, 1.54) is 37.1 Å². The summed E-state index contributed by atoms with van der Waals surface area (Å²) in [5.41, 5.74) is 0.773. The fourth-order valence-corrected chi connectivity index (χ4v) is 3.60. The van der Waals surface area contributed by atoms with Gasteiger partial charge in [0.1, 0.15) is 10.6 Å². The molecule has 7 heteroatoms. The van der Waals surface area contributed by atoms with Gasteiger partial charge < -0.3 is 13.9 Å². The van der Waals surface area contributed by atoms with Crippen molar-refractivity contribution in [3.63, 3.8) is 0 Å². The average Bonchev–Trinajstić information content (AvgIpc) is 3.04. The Bertz CT molecular complexity index is 682. The summed E-state index contributed by atoms with van der Waals surface area (Å²) in [7, 11) is -0.724. The van der Waals surface area contributed by atoms with Crippen molar-refractivity contribution in [1.29, 1.82) is 0 Å². The molecule has 0 radical (unpaired) electrons. The van der Waals surface area contributed by atoms with Crippen molar-refractivity contribution in [2.24, 2.45) is 0 Å². The standard InChI is InChI=1S/C15H19NO5S/c1-19-10-8-16(11-13-7-9-21-12-13)22(17,18)15-6-4-3-5-14(15)20-2/h3-7,9,12H,8,10-11H2,1-2H3. The number of para-hydroxylation sites is 1. The second-order valence-electron chi connectivity index (χ2n) is 4.61. The first-order valence-corrected chi connectivity index (χ1v) is 8.16. The number of rotatable bonds is 8. The van der Waals surface area contributed by atoms with Crippen LogP contribution in [0.25, 0.3) is 0 Å². The van der Waals surface area contributed by atoms with Crippen LogP contribution in [0.5, 0.6) is 5.75 Å². The molecule has 0 amide bonds. The highest BCUT2D eigenvalue weighted by molar-refractivity contribution is 7.89. The number of sulfonamides is 1. The highest BCUT2D eigenvalue weighted by Gasteiger charge is 2.27. The molecule has 120 valence electrons. The minimum atomic E-state index is -3.71. The zero-order valence-corrected chi connectivity index (χ0v) is 13.4. The van der Waals surface area contributed by atoms with Crippen molar-refractivity contribution in [2.75, 3.05) is 27.4 Å². The molecule has 0 spiro atoms. The van der Waals surface area contributed by atoms with Crippen LogP contribution in [0.4, 0.5) is 0 Å². The van der Waals surface area contributed by atoms with E-state index in [9.17, 15) is 8.42 Å². The molecule has 0 aliphatic carbocycles. The molecular formula is C15H19NO5S. The van der Waals surface area contributed by atoms with E-state index in [0.29, 0.717) is 12.4 Å². The Morgan fingerprint density at radius 3 is 2.59 bits per heavy atom. The van der Waals surface area contributed by atoms with E-state index in [1.807, 2.05) is 0 Å². The third kappa shape index (κ3) is 3.68. The van der Waals surface area contributed by atoms with E-state index in [-0.39, 0.29) is 18.0 Å². The molecule has 1 aromatic heterocycles. The van der Waals surface area contributed by atoms with Gasteiger partial charge in [-0.15, -0.1) is 0 Å². The van der Waals surface area contributed by atoms with Gasteiger partial charge in [-0.3, -0.25) is 0 Å². The van der Waals surface area contributed by atoms with E-state index >= 15 is 0 Å². The zero-order valence-electron chi connectivity index (χ0n) is 12.6. The van der Waals surface area contributed by atoms with Crippen molar-refractivity contribution < 1.29 is 22.3 Å². The van der Waals surface area contributed by atoms with E-state index in [4.69, 9.17) is 13.9 Å². The fourth-order valence-electron chi connectivity index (χ4n) is 2.03. The molecule has 1 heterocycles. The first-order chi connectivity index (χ1) is 10.6. The van der Waals surface area contributed by atoms with Gasteiger partial charge in [0.25, 0.3) is 0 Å². The molecule has 0 unspecified atom stereocenters. The van der Waals surface area contributed by atoms with Crippen molar-refractivity contribution in [2.45, 2.75) is 11.4 Å². The number of ether oxygens (including phenoxy) is 2. The van der Waals surface area contributed by atoms with Crippen LogP contribution >= 0.6 is 0 Å². The van der Waals surface area contributed by atoms with Gasteiger partial charge >= 0.3 is 0 Å². The van der Waals surface area contributed by atoms with E-state index in [0.717, 1.165) is 5.56 Å². The highest BCUT2D eigenvalue weighted by Crippen LogP contribution is 2.27. The lowest BCUT2D eigenvalue weighted by atomic mass is 10.3. The third-order valence-corrected chi connectivity index (χ3v) is 5.06. The lowest BCUT2D eigenvalue weighted by Gasteiger charge is -2.22. The van der Waals surface area contributed by atoms with Crippen LogP contribution in [0.3, 0.4) is 0 Å². The summed E-state index contributed by atoms with van der Waals surface area (Å²) in [6.07, 6.45) is 3.04. The highest BCUT2D eigenvalue weighted by atomic mass is 32.2. The van der Waals surface area contributed by atoms with Crippen molar-refractivity contribution in [3.8, 4) is 5.75 Å². The second-order valence-corrected chi connectivity index (χ2v) is 6.52. The Morgan fingerprint density at radius 1 is 1.18 bits per heavy atom. The van der Waals surface area contributed by atoms with Crippen molar-refractivity contribution >= 4 is 10.0 Å². The van der Waals surface area contributed by atoms with E-state index < -0.39 is 10.0 Å². The number of methoxy groups -OCH3 is 2. The summed E-state index contributed by atoms with van der Waals surface area (Å²) in [5.74, 6) is 0.317. The van der Waals surface area contributed by atoms with Gasteiger partial charge in [-0.2, -0.15) is 4.31 Å². The molecule has 22 heavy (non-hydrogen) atoms. The average molecular weight is 325 g/mol. The molecule has 0 saturated carbocycles. The quantitative estimate of drug-likeness (QED) is 0.743. The minimum absolute atomic E-state index is 0.136. The first-order valence-electron chi connectivity index (χ1n) is 6.72. The van der Waals surface area contributed by atoms with Gasteiger partial charge in [-0.05, 0) is 18.2 Å². The predicted molar refractivity (Wildman–Crippen MR) is 81.2 cm³/mol. The van der Waals surface area contributed by atoms with Gasteiger partial charge in [-0.1, -0.05) is 12.1 Å². The SMILES string of the molecule is COCCN(Cc1ccoc1)S(=O)(=O)c1ccccc1OC. The second kappa shape index (κ2) is 7.44. The molecule has 0 aliphatic rings. The topological polar surface area (TPSA) is 69.0 Å². The molecule has 2 rings (SSSR count). The molecule has 6 nitrogen and oxygen atoms in total. The summed E-state index contributed by atoms with van der Waals surface area (Å²) in [6.45, 7) is 0.745. The van der Waals surface area contributed by atoms with Gasteiger partial charge in [0, 0.05) is 25.8 Å². The third-order valence-electron chi connectivity index (χ3n) is 3.17. The van der Waals surface area contributed by atoms with Crippen LogP contribution in [0.1, 0.15) is 5.56 Å². The Kier molecular flexibility index (Phi) is 5.59. The van der Waals surface area contributed by atoms with Gasteiger partial charge in [0.15, 0.2) is 0 Å². The van der Waals surface area contributed by atoms with Crippen molar-refractivity contribution in [1.82, 2.24) is 4.31 Å². The summed E-state index contributed by atoms with van der Waals surface area (Å²) in [4.78, 5) is 0.136. The lowest BCUT2D eigenvalue weighted by molar-refractivity contribution is 0.177. The van der Waals surface area contributed by atoms with Crippen LogP contribution in [0.2, 0.25) is 0 Å². The number of hydrogen-bond acceptors (Lipinski definition) is 5. The van der Waals surface area contributed by atoms with Crippen LogP contribution < -0.4 is 4.74 Å². The minimum Gasteiger partial charge on any atom is -0.495 e. The first kappa shape index (κ1) is 16.5. The van der Waals surface area contributed by atoms with Gasteiger partial charge in [-0.25, -0.2) is 8.42 Å². The summed E-state index contributed by atoms with van der Waals surface area (Å²) < 4.78 is 42.3. The maximum Gasteiger partial charge on any atom is 0.247 e. The van der Waals surface area contributed by atoms with Crippen LogP contribution in [-0.4, -0.2) is 40.1 Å². The molecule has 0 N–H and O–H groups in total. The molecule has 0 bridgehead atoms. The van der Waals surface area contributed by atoms with Gasteiger partial charge in [0.05, 0.1) is 26.2 Å². The maximum atomic E-state index is 12.9. The predicted octanol–water partition coefficient (Wildman–Crippen LogP) is 2.13. The van der Waals surface area contributed by atoms with Crippen LogP contribution in [0.15, 0.2) is 52.2 Å². The fraction of sp³-hybridized carbons (Fsp3) is 0.333. The molecule has 0 fully saturated rings. The number of benzene rings is 1. The lowest BCUT2D eigenvalue weighted by Crippen LogP contribution is -2.33. The molecule has 0 saturated heterocycles. The van der Waals surface area contributed by atoms with Crippen LogP contribution in [-0.2, 0) is 21.3 Å². The smallest absolute Gasteiger partial charge is 0.247 e.